The average molecular weight is 179 g/mol. The number of nitroso groups, excluding NO2 is 1. The first kappa shape index (κ1) is 11.8. The van der Waals surface area contributed by atoms with Crippen LogP contribution in [0.5, 0.6) is 0 Å². The molecule has 0 aliphatic heterocycles. The van der Waals surface area contributed by atoms with E-state index in [9.17, 15) is 4.91 Å². The Morgan fingerprint density at radius 1 is 1.08 bits per heavy atom. The maximum atomic E-state index is 9.70. The van der Waals surface area contributed by atoms with Gasteiger partial charge in [-0.25, -0.2) is 0 Å². The standard InChI is InChI=1S/C11H17NO/c1-2-3-4-5-6-7-8-9-10-11-12-13/h2,6-9H,1,3-5,10-11H2/b7-6-,9-8-. The van der Waals surface area contributed by atoms with Gasteiger partial charge in [-0.15, -0.1) is 6.58 Å². The fraction of sp³-hybridized carbons (Fsp3) is 0.455. The van der Waals surface area contributed by atoms with Crippen LogP contribution in [0, 0.1) is 4.91 Å². The molecule has 0 unspecified atom stereocenters. The molecule has 0 aliphatic carbocycles. The molecule has 0 fully saturated rings. The Hall–Kier alpha value is -1.18. The molecule has 0 spiro atoms. The Kier molecular flexibility index (Phi) is 9.84. The number of nitrogens with zero attached hydrogens (tertiary/aromatic N) is 1. The molecule has 0 atom stereocenters. The van der Waals surface area contributed by atoms with Crippen molar-refractivity contribution >= 4 is 0 Å². The van der Waals surface area contributed by atoms with Gasteiger partial charge in [0.15, 0.2) is 0 Å². The Morgan fingerprint density at radius 2 is 1.77 bits per heavy atom. The largest absolute Gasteiger partial charge is 0.151 e. The molecule has 0 aromatic heterocycles. The fourth-order valence-corrected chi connectivity index (χ4v) is 0.857. The molecular formula is C11H17NO. The molecule has 2 nitrogen and oxygen atoms in total. The van der Waals surface area contributed by atoms with Gasteiger partial charge in [-0.1, -0.05) is 35.6 Å². The molecule has 0 bridgehead atoms. The molecule has 0 heterocycles. The van der Waals surface area contributed by atoms with Gasteiger partial charge >= 0.3 is 0 Å². The van der Waals surface area contributed by atoms with E-state index >= 15 is 0 Å². The van der Waals surface area contributed by atoms with Crippen molar-refractivity contribution in [2.75, 3.05) is 6.54 Å². The highest BCUT2D eigenvalue weighted by Gasteiger charge is 1.78. The maximum absolute atomic E-state index is 9.70. The molecule has 0 amide bonds. The van der Waals surface area contributed by atoms with Crippen LogP contribution in [0.15, 0.2) is 42.1 Å². The van der Waals surface area contributed by atoms with Crippen LogP contribution in [0.4, 0.5) is 0 Å². The third-order valence-electron chi connectivity index (χ3n) is 1.55. The van der Waals surface area contributed by atoms with E-state index in [2.05, 4.69) is 17.8 Å². The van der Waals surface area contributed by atoms with Gasteiger partial charge in [0.2, 0.25) is 0 Å². The van der Waals surface area contributed by atoms with E-state index in [0.717, 1.165) is 25.7 Å². The lowest BCUT2D eigenvalue weighted by atomic mass is 10.2. The van der Waals surface area contributed by atoms with Gasteiger partial charge in [-0.2, -0.15) is 4.91 Å². The fourth-order valence-electron chi connectivity index (χ4n) is 0.857. The summed E-state index contributed by atoms with van der Waals surface area (Å²) >= 11 is 0. The van der Waals surface area contributed by atoms with Crippen LogP contribution in [0.2, 0.25) is 0 Å². The first-order valence-electron chi connectivity index (χ1n) is 4.63. The molecule has 0 saturated carbocycles. The zero-order valence-electron chi connectivity index (χ0n) is 7.98. The lowest BCUT2D eigenvalue weighted by Crippen LogP contribution is -1.71. The summed E-state index contributed by atoms with van der Waals surface area (Å²) in [6.45, 7) is 4.03. The van der Waals surface area contributed by atoms with Gasteiger partial charge < -0.3 is 0 Å². The number of hydrogen-bond donors (Lipinski definition) is 0. The summed E-state index contributed by atoms with van der Waals surface area (Å²) in [6, 6.07) is 0. The van der Waals surface area contributed by atoms with E-state index in [1.54, 1.807) is 0 Å². The second-order valence-corrected chi connectivity index (χ2v) is 2.72. The molecule has 0 aliphatic rings. The van der Waals surface area contributed by atoms with Crippen LogP contribution in [0.3, 0.4) is 0 Å². The van der Waals surface area contributed by atoms with Crippen LogP contribution in [0.1, 0.15) is 25.7 Å². The molecular weight excluding hydrogens is 162 g/mol. The minimum absolute atomic E-state index is 0.376. The topological polar surface area (TPSA) is 29.4 Å². The Morgan fingerprint density at radius 3 is 2.38 bits per heavy atom. The quantitative estimate of drug-likeness (QED) is 0.242. The van der Waals surface area contributed by atoms with E-state index in [4.69, 9.17) is 0 Å². The van der Waals surface area contributed by atoms with Crippen molar-refractivity contribution in [3.8, 4) is 0 Å². The molecule has 13 heavy (non-hydrogen) atoms. The zero-order chi connectivity index (χ0) is 9.78. The molecule has 0 saturated heterocycles. The lowest BCUT2D eigenvalue weighted by Gasteiger charge is -1.87. The van der Waals surface area contributed by atoms with Crippen molar-refractivity contribution in [3.05, 3.63) is 41.9 Å². The highest BCUT2D eigenvalue weighted by Crippen LogP contribution is 1.96. The van der Waals surface area contributed by atoms with Crippen molar-refractivity contribution in [1.29, 1.82) is 0 Å². The van der Waals surface area contributed by atoms with Crippen LogP contribution in [-0.4, -0.2) is 6.54 Å². The van der Waals surface area contributed by atoms with Gasteiger partial charge in [0.1, 0.15) is 0 Å². The van der Waals surface area contributed by atoms with Gasteiger partial charge in [-0.3, -0.25) is 0 Å². The average Bonchev–Trinajstić information content (AvgIpc) is 2.16. The van der Waals surface area contributed by atoms with E-state index in [-0.39, 0.29) is 0 Å². The molecule has 0 N–H and O–H groups in total. The number of allylic oxidation sites excluding steroid dienone is 4. The maximum Gasteiger partial charge on any atom is 0.0845 e. The van der Waals surface area contributed by atoms with Crippen molar-refractivity contribution in [2.45, 2.75) is 25.7 Å². The zero-order valence-corrected chi connectivity index (χ0v) is 7.98. The van der Waals surface area contributed by atoms with Gasteiger partial charge in [-0.05, 0) is 25.7 Å². The Labute approximate surface area is 80.0 Å². The Balaban J connectivity index is 3.23. The van der Waals surface area contributed by atoms with Crippen LogP contribution in [-0.2, 0) is 0 Å². The first-order chi connectivity index (χ1) is 6.41. The smallest absolute Gasteiger partial charge is 0.0845 e. The second kappa shape index (κ2) is 10.8. The summed E-state index contributed by atoms with van der Waals surface area (Å²) < 4.78 is 0. The highest BCUT2D eigenvalue weighted by atomic mass is 16.3. The number of hydrogen-bond acceptors (Lipinski definition) is 2. The van der Waals surface area contributed by atoms with Crippen LogP contribution in [0.25, 0.3) is 0 Å². The minimum Gasteiger partial charge on any atom is -0.151 e. The molecule has 72 valence electrons. The summed E-state index contributed by atoms with van der Waals surface area (Å²) in [7, 11) is 0. The van der Waals surface area contributed by atoms with Gasteiger partial charge in [0, 0.05) is 0 Å². The van der Waals surface area contributed by atoms with Crippen molar-refractivity contribution in [1.82, 2.24) is 0 Å². The molecule has 0 radical (unpaired) electrons. The molecule has 2 heteroatoms. The van der Waals surface area contributed by atoms with Gasteiger partial charge in [0.05, 0.1) is 6.54 Å². The lowest BCUT2D eigenvalue weighted by molar-refractivity contribution is 0.869. The summed E-state index contributed by atoms with van der Waals surface area (Å²) in [5, 5.41) is 2.76. The van der Waals surface area contributed by atoms with Crippen molar-refractivity contribution < 1.29 is 0 Å². The third-order valence-corrected chi connectivity index (χ3v) is 1.55. The summed E-state index contributed by atoms with van der Waals surface area (Å²) in [6.07, 6.45) is 14.0. The van der Waals surface area contributed by atoms with E-state index in [1.807, 2.05) is 24.3 Å². The number of unbranched alkanes of at least 4 members (excludes halogenated alkanes) is 2. The van der Waals surface area contributed by atoms with Crippen molar-refractivity contribution in [2.24, 2.45) is 5.18 Å². The predicted octanol–water partition coefficient (Wildman–Crippen LogP) is 3.61. The third kappa shape index (κ3) is 10.8. The minimum atomic E-state index is 0.376. The molecule has 0 aromatic carbocycles. The highest BCUT2D eigenvalue weighted by molar-refractivity contribution is 5.02. The van der Waals surface area contributed by atoms with Gasteiger partial charge in [0.25, 0.3) is 0 Å². The van der Waals surface area contributed by atoms with E-state index in [0.29, 0.717) is 6.54 Å². The SMILES string of the molecule is C=CCCC/C=C\C=C/CCN=O. The summed E-state index contributed by atoms with van der Waals surface area (Å²) in [4.78, 5) is 9.70. The first-order valence-corrected chi connectivity index (χ1v) is 4.63. The van der Waals surface area contributed by atoms with E-state index < -0.39 is 0 Å². The van der Waals surface area contributed by atoms with E-state index in [1.165, 1.54) is 0 Å². The molecule has 0 aromatic rings. The van der Waals surface area contributed by atoms with Crippen LogP contribution >= 0.6 is 0 Å². The predicted molar refractivity (Wildman–Crippen MR) is 57.6 cm³/mol. The Bertz CT molecular complexity index is 183. The van der Waals surface area contributed by atoms with Crippen LogP contribution < -0.4 is 0 Å². The summed E-state index contributed by atoms with van der Waals surface area (Å²) in [5.41, 5.74) is 0. The molecule has 0 rings (SSSR count). The monoisotopic (exact) mass is 179 g/mol. The van der Waals surface area contributed by atoms with Crippen molar-refractivity contribution in [3.63, 3.8) is 0 Å². The second-order valence-electron chi connectivity index (χ2n) is 2.72. The summed E-state index contributed by atoms with van der Waals surface area (Å²) in [5.74, 6) is 0. The number of rotatable bonds is 8. The normalized spacial score (nSPS) is 11.1.